The highest BCUT2D eigenvalue weighted by Crippen LogP contribution is 2.29. The van der Waals surface area contributed by atoms with Crippen LogP contribution in [0.5, 0.6) is 5.75 Å². The van der Waals surface area contributed by atoms with Gasteiger partial charge in [-0.25, -0.2) is 4.79 Å². The maximum Gasteiger partial charge on any atom is 0.322 e. The fourth-order valence-corrected chi connectivity index (χ4v) is 3.54. The Labute approximate surface area is 170 Å². The lowest BCUT2D eigenvalue weighted by Gasteiger charge is -2.26. The predicted molar refractivity (Wildman–Crippen MR) is 115 cm³/mol. The summed E-state index contributed by atoms with van der Waals surface area (Å²) in [4.78, 5) is 17.8. The lowest BCUT2D eigenvalue weighted by Crippen LogP contribution is -2.37. The maximum absolute atomic E-state index is 12.7. The standard InChI is InChI=1S/C23H25N3O3/c1-28-13-14-29-19-6-4-5-18(15-19)25-23(27)26-11-9-17(10-12-26)21-16-24-22-8-3-2-7-20(21)22/h2-9,15-16,24H,10-14H2,1H3,(H,25,27). The summed E-state index contributed by atoms with van der Waals surface area (Å²) in [5.74, 6) is 0.708. The van der Waals surface area contributed by atoms with E-state index in [9.17, 15) is 4.79 Å². The molecule has 0 saturated carbocycles. The van der Waals surface area contributed by atoms with Crippen LogP contribution in [0.4, 0.5) is 10.5 Å². The molecule has 2 amide bonds. The zero-order valence-electron chi connectivity index (χ0n) is 16.5. The van der Waals surface area contributed by atoms with Gasteiger partial charge in [0, 0.05) is 54.6 Å². The average molecular weight is 391 g/mol. The Morgan fingerprint density at radius 3 is 2.90 bits per heavy atom. The number of ether oxygens (including phenoxy) is 2. The lowest BCUT2D eigenvalue weighted by molar-refractivity contribution is 0.146. The van der Waals surface area contributed by atoms with E-state index in [2.05, 4.69) is 40.8 Å². The van der Waals surface area contributed by atoms with Crippen molar-refractivity contribution in [2.75, 3.05) is 38.7 Å². The minimum Gasteiger partial charge on any atom is -0.491 e. The molecule has 1 aliphatic heterocycles. The van der Waals surface area contributed by atoms with Crippen molar-refractivity contribution in [2.45, 2.75) is 6.42 Å². The van der Waals surface area contributed by atoms with Crippen LogP contribution in [0.2, 0.25) is 0 Å². The van der Waals surface area contributed by atoms with Crippen molar-refractivity contribution in [1.82, 2.24) is 9.88 Å². The number of nitrogens with one attached hydrogen (secondary N) is 2. The van der Waals surface area contributed by atoms with Gasteiger partial charge < -0.3 is 24.7 Å². The number of para-hydroxylation sites is 1. The fourth-order valence-electron chi connectivity index (χ4n) is 3.54. The number of fused-ring (bicyclic) bond motifs is 1. The molecule has 1 aromatic heterocycles. The van der Waals surface area contributed by atoms with Gasteiger partial charge in [-0.1, -0.05) is 30.3 Å². The number of aromatic amines is 1. The third-order valence-corrected chi connectivity index (χ3v) is 5.07. The summed E-state index contributed by atoms with van der Waals surface area (Å²) in [5.41, 5.74) is 4.36. The maximum atomic E-state index is 12.7. The molecule has 3 aromatic rings. The zero-order chi connectivity index (χ0) is 20.1. The summed E-state index contributed by atoms with van der Waals surface area (Å²) >= 11 is 0. The van der Waals surface area contributed by atoms with E-state index in [1.807, 2.05) is 35.2 Å². The highest BCUT2D eigenvalue weighted by molar-refractivity contribution is 5.94. The van der Waals surface area contributed by atoms with Crippen LogP contribution in [0.15, 0.2) is 60.8 Å². The smallest absolute Gasteiger partial charge is 0.322 e. The molecule has 6 heteroatoms. The number of benzene rings is 2. The number of carbonyl (C=O) groups is 1. The first-order valence-corrected chi connectivity index (χ1v) is 9.78. The molecule has 2 N–H and O–H groups in total. The topological polar surface area (TPSA) is 66.6 Å². The van der Waals surface area contributed by atoms with Gasteiger partial charge in [0.25, 0.3) is 0 Å². The minimum absolute atomic E-state index is 0.103. The van der Waals surface area contributed by atoms with E-state index in [-0.39, 0.29) is 6.03 Å². The molecule has 29 heavy (non-hydrogen) atoms. The van der Waals surface area contributed by atoms with Crippen molar-refractivity contribution in [2.24, 2.45) is 0 Å². The first kappa shape index (κ1) is 19.1. The Balaban J connectivity index is 1.38. The number of rotatable bonds is 6. The van der Waals surface area contributed by atoms with Crippen molar-refractivity contribution in [1.29, 1.82) is 0 Å². The number of H-pyrrole nitrogens is 1. The molecule has 0 unspecified atom stereocenters. The molecule has 0 radical (unpaired) electrons. The number of aromatic nitrogens is 1. The van der Waals surface area contributed by atoms with Crippen molar-refractivity contribution < 1.29 is 14.3 Å². The SMILES string of the molecule is COCCOc1cccc(NC(=O)N2CC=C(c3c[nH]c4ccccc34)CC2)c1. The molecular formula is C23H25N3O3. The number of urea groups is 1. The molecule has 2 aromatic carbocycles. The van der Waals surface area contributed by atoms with Gasteiger partial charge in [-0.15, -0.1) is 0 Å². The molecule has 2 heterocycles. The number of amides is 2. The summed E-state index contributed by atoms with van der Waals surface area (Å²) in [6.45, 7) is 2.27. The Bertz CT molecular complexity index is 1020. The van der Waals surface area contributed by atoms with Crippen molar-refractivity contribution >= 4 is 28.2 Å². The van der Waals surface area contributed by atoms with Crippen LogP contribution in [-0.2, 0) is 4.74 Å². The highest BCUT2D eigenvalue weighted by atomic mass is 16.5. The number of methoxy groups -OCH3 is 1. The zero-order valence-corrected chi connectivity index (χ0v) is 16.5. The summed E-state index contributed by atoms with van der Waals surface area (Å²) < 4.78 is 10.6. The summed E-state index contributed by atoms with van der Waals surface area (Å²) in [7, 11) is 1.64. The van der Waals surface area contributed by atoms with Gasteiger partial charge in [-0.3, -0.25) is 0 Å². The first-order valence-electron chi connectivity index (χ1n) is 9.78. The second kappa shape index (κ2) is 8.84. The van der Waals surface area contributed by atoms with Gasteiger partial charge in [0.15, 0.2) is 0 Å². The van der Waals surface area contributed by atoms with E-state index in [1.54, 1.807) is 7.11 Å². The number of hydrogen-bond donors (Lipinski definition) is 2. The van der Waals surface area contributed by atoms with E-state index in [0.717, 1.165) is 17.6 Å². The second-order valence-corrected chi connectivity index (χ2v) is 6.97. The first-order chi connectivity index (χ1) is 14.2. The Kier molecular flexibility index (Phi) is 5.81. The van der Waals surface area contributed by atoms with Gasteiger partial charge in [0.2, 0.25) is 0 Å². The van der Waals surface area contributed by atoms with Crippen LogP contribution in [0, 0.1) is 0 Å². The largest absolute Gasteiger partial charge is 0.491 e. The molecule has 0 aliphatic carbocycles. The summed E-state index contributed by atoms with van der Waals surface area (Å²) in [5, 5.41) is 4.19. The monoisotopic (exact) mass is 391 g/mol. The molecule has 6 nitrogen and oxygen atoms in total. The molecular weight excluding hydrogens is 366 g/mol. The van der Waals surface area contributed by atoms with Crippen LogP contribution < -0.4 is 10.1 Å². The van der Waals surface area contributed by atoms with E-state index in [4.69, 9.17) is 9.47 Å². The third-order valence-electron chi connectivity index (χ3n) is 5.07. The van der Waals surface area contributed by atoms with Crippen molar-refractivity contribution in [3.63, 3.8) is 0 Å². The molecule has 0 fully saturated rings. The van der Waals surface area contributed by atoms with E-state index >= 15 is 0 Å². The summed E-state index contributed by atoms with van der Waals surface area (Å²) in [6.07, 6.45) is 5.03. The van der Waals surface area contributed by atoms with Gasteiger partial charge >= 0.3 is 6.03 Å². The minimum atomic E-state index is -0.103. The lowest BCUT2D eigenvalue weighted by atomic mass is 9.99. The van der Waals surface area contributed by atoms with E-state index < -0.39 is 0 Å². The van der Waals surface area contributed by atoms with Gasteiger partial charge in [-0.05, 0) is 30.2 Å². The molecule has 0 saturated heterocycles. The van der Waals surface area contributed by atoms with E-state index in [0.29, 0.717) is 32.1 Å². The van der Waals surface area contributed by atoms with Gasteiger partial charge in [0.1, 0.15) is 12.4 Å². The van der Waals surface area contributed by atoms with Crippen LogP contribution in [0.3, 0.4) is 0 Å². The Morgan fingerprint density at radius 1 is 1.17 bits per heavy atom. The Morgan fingerprint density at radius 2 is 2.07 bits per heavy atom. The average Bonchev–Trinajstić information content (AvgIpc) is 3.18. The van der Waals surface area contributed by atoms with Gasteiger partial charge in [0.05, 0.1) is 6.61 Å². The molecule has 1 aliphatic rings. The van der Waals surface area contributed by atoms with Crippen LogP contribution in [-0.4, -0.2) is 49.3 Å². The van der Waals surface area contributed by atoms with Crippen molar-refractivity contribution in [3.8, 4) is 5.75 Å². The number of nitrogens with zero attached hydrogens (tertiary/aromatic N) is 1. The molecule has 0 spiro atoms. The predicted octanol–water partition coefficient (Wildman–Crippen LogP) is 4.51. The number of anilines is 1. The van der Waals surface area contributed by atoms with Crippen LogP contribution in [0.1, 0.15) is 12.0 Å². The second-order valence-electron chi connectivity index (χ2n) is 6.97. The molecule has 4 rings (SSSR count). The highest BCUT2D eigenvalue weighted by Gasteiger charge is 2.19. The number of carbonyl (C=O) groups excluding carboxylic acids is 1. The molecule has 150 valence electrons. The molecule has 0 atom stereocenters. The third kappa shape index (κ3) is 4.43. The normalized spacial score (nSPS) is 14.0. The van der Waals surface area contributed by atoms with E-state index in [1.165, 1.54) is 16.5 Å². The van der Waals surface area contributed by atoms with Crippen molar-refractivity contribution in [3.05, 3.63) is 66.4 Å². The van der Waals surface area contributed by atoms with Crippen LogP contribution >= 0.6 is 0 Å². The summed E-state index contributed by atoms with van der Waals surface area (Å²) in [6, 6.07) is 15.6. The molecule has 0 bridgehead atoms. The quantitative estimate of drug-likeness (QED) is 0.608. The fraction of sp³-hybridized carbons (Fsp3) is 0.261. The number of hydrogen-bond acceptors (Lipinski definition) is 3. The van der Waals surface area contributed by atoms with Gasteiger partial charge in [-0.2, -0.15) is 0 Å². The Hall–Kier alpha value is -3.25. The van der Waals surface area contributed by atoms with Crippen LogP contribution in [0.25, 0.3) is 16.5 Å².